The van der Waals surface area contributed by atoms with E-state index >= 15 is 0 Å². The number of nitrogens with zero attached hydrogens (tertiary/aromatic N) is 6. The first-order chi connectivity index (χ1) is 14.2. The van der Waals surface area contributed by atoms with E-state index in [-0.39, 0.29) is 0 Å². The highest BCUT2D eigenvalue weighted by Gasteiger charge is 2.57. The Balaban J connectivity index is 1.28. The van der Waals surface area contributed by atoms with E-state index in [1.165, 1.54) is 0 Å². The fourth-order valence-corrected chi connectivity index (χ4v) is 4.98. The van der Waals surface area contributed by atoms with Crippen LogP contribution in [0.3, 0.4) is 0 Å². The van der Waals surface area contributed by atoms with Gasteiger partial charge < -0.3 is 9.80 Å². The molecular formula is C21H22N8. The van der Waals surface area contributed by atoms with Crippen LogP contribution in [0.4, 0.5) is 5.82 Å². The van der Waals surface area contributed by atoms with Crippen molar-refractivity contribution in [3.8, 4) is 22.4 Å². The third kappa shape index (κ3) is 2.56. The molecule has 8 nitrogen and oxygen atoms in total. The zero-order valence-corrected chi connectivity index (χ0v) is 16.4. The maximum atomic E-state index is 4.54. The zero-order chi connectivity index (χ0) is 19.5. The van der Waals surface area contributed by atoms with Crippen LogP contribution in [0.1, 0.15) is 0 Å². The fourth-order valence-electron chi connectivity index (χ4n) is 4.98. The highest BCUT2D eigenvalue weighted by molar-refractivity contribution is 6.01. The summed E-state index contributed by atoms with van der Waals surface area (Å²) in [5.74, 6) is 2.51. The molecule has 1 saturated heterocycles. The van der Waals surface area contributed by atoms with Crippen LogP contribution in [0, 0.1) is 11.8 Å². The van der Waals surface area contributed by atoms with Gasteiger partial charge in [-0.1, -0.05) is 6.07 Å². The van der Waals surface area contributed by atoms with Crippen LogP contribution in [0.2, 0.25) is 0 Å². The highest BCUT2D eigenvalue weighted by Crippen LogP contribution is 2.48. The number of rotatable bonds is 4. The second kappa shape index (κ2) is 6.12. The number of hydrogen-bond acceptors (Lipinski definition) is 6. The van der Waals surface area contributed by atoms with Crippen molar-refractivity contribution in [1.82, 2.24) is 35.5 Å². The molecule has 0 bridgehead atoms. The molecule has 1 aliphatic heterocycles. The molecular weight excluding hydrogens is 364 g/mol. The maximum Gasteiger partial charge on any atom is 0.151 e. The molecule has 1 saturated carbocycles. The Bertz CT molecular complexity index is 1150. The van der Waals surface area contributed by atoms with Gasteiger partial charge in [0.25, 0.3) is 0 Å². The molecule has 2 aliphatic rings. The number of fused-ring (bicyclic) bond motifs is 2. The monoisotopic (exact) mass is 386 g/mol. The van der Waals surface area contributed by atoms with E-state index in [0.717, 1.165) is 70.1 Å². The lowest BCUT2D eigenvalue weighted by Crippen LogP contribution is -2.31. The quantitative estimate of drug-likeness (QED) is 0.560. The minimum absolute atomic E-state index is 0.737. The lowest BCUT2D eigenvalue weighted by molar-refractivity contribution is 0.356. The highest BCUT2D eigenvalue weighted by atomic mass is 15.3. The van der Waals surface area contributed by atoms with Crippen LogP contribution in [0.5, 0.6) is 0 Å². The summed E-state index contributed by atoms with van der Waals surface area (Å²) >= 11 is 0. The number of piperidine rings is 1. The molecule has 0 amide bonds. The predicted octanol–water partition coefficient (Wildman–Crippen LogP) is 2.41. The van der Waals surface area contributed by atoms with Crippen molar-refractivity contribution >= 4 is 16.7 Å². The largest absolute Gasteiger partial charge is 0.354 e. The molecule has 4 aromatic rings. The van der Waals surface area contributed by atoms with Crippen molar-refractivity contribution < 1.29 is 0 Å². The molecule has 29 heavy (non-hydrogen) atoms. The van der Waals surface area contributed by atoms with Crippen molar-refractivity contribution in [1.29, 1.82) is 0 Å². The van der Waals surface area contributed by atoms with Gasteiger partial charge in [-0.05, 0) is 49.7 Å². The maximum absolute atomic E-state index is 4.54. The molecule has 146 valence electrons. The molecule has 3 atom stereocenters. The van der Waals surface area contributed by atoms with E-state index < -0.39 is 0 Å². The van der Waals surface area contributed by atoms with Crippen LogP contribution >= 0.6 is 0 Å². The summed E-state index contributed by atoms with van der Waals surface area (Å²) in [6.45, 7) is 2.15. The molecule has 4 heterocycles. The molecule has 1 aliphatic carbocycles. The summed E-state index contributed by atoms with van der Waals surface area (Å²) in [6.07, 6.45) is 5.55. The average Bonchev–Trinajstić information content (AvgIpc) is 3.26. The van der Waals surface area contributed by atoms with E-state index in [4.69, 9.17) is 0 Å². The Labute approximate surface area is 167 Å². The number of aromatic amines is 2. The Hall–Kier alpha value is -3.26. The number of anilines is 1. The minimum atomic E-state index is 0.737. The van der Waals surface area contributed by atoms with E-state index in [1.807, 2.05) is 18.6 Å². The Kier molecular flexibility index (Phi) is 3.52. The molecule has 3 aromatic heterocycles. The van der Waals surface area contributed by atoms with Crippen molar-refractivity contribution in [3.63, 3.8) is 0 Å². The van der Waals surface area contributed by atoms with Gasteiger partial charge in [0.2, 0.25) is 0 Å². The van der Waals surface area contributed by atoms with Gasteiger partial charge in [0.15, 0.2) is 5.82 Å². The third-order valence-electron chi connectivity index (χ3n) is 6.42. The lowest BCUT2D eigenvalue weighted by atomic mass is 10.0. The Morgan fingerprint density at radius 3 is 2.48 bits per heavy atom. The van der Waals surface area contributed by atoms with Gasteiger partial charge in [-0.2, -0.15) is 10.2 Å². The molecule has 1 unspecified atom stereocenters. The van der Waals surface area contributed by atoms with Gasteiger partial charge in [-0.3, -0.25) is 10.2 Å². The number of H-pyrrole nitrogens is 2. The van der Waals surface area contributed by atoms with Gasteiger partial charge in [-0.25, -0.2) is 0 Å². The summed E-state index contributed by atoms with van der Waals surface area (Å²) in [5.41, 5.74) is 4.93. The number of nitrogens with one attached hydrogen (secondary N) is 2. The Morgan fingerprint density at radius 2 is 1.79 bits per heavy atom. The molecule has 0 spiro atoms. The van der Waals surface area contributed by atoms with E-state index in [0.29, 0.717) is 0 Å². The summed E-state index contributed by atoms with van der Waals surface area (Å²) in [5, 5.41) is 24.4. The summed E-state index contributed by atoms with van der Waals surface area (Å²) in [7, 11) is 4.35. The average molecular weight is 386 g/mol. The standard InChI is InChI=1S/C21H22N8/c1-28(2)21-16-10-29(11-17(16)21)19-6-5-18(25-26-19)14-4-3-13(12-7-22-23-8-12)15-9-24-27-20(14)15/h3-9,16-17,21H,10-11H2,1-2H3,(H,22,23)(H,24,27)/t16-,17+,21?. The summed E-state index contributed by atoms with van der Waals surface area (Å²) in [6, 6.07) is 9.04. The van der Waals surface area contributed by atoms with Crippen molar-refractivity contribution in [2.45, 2.75) is 6.04 Å². The van der Waals surface area contributed by atoms with Gasteiger partial charge in [-0.15, -0.1) is 10.2 Å². The van der Waals surface area contributed by atoms with Crippen LogP contribution in [-0.4, -0.2) is 68.7 Å². The van der Waals surface area contributed by atoms with Crippen molar-refractivity contribution in [3.05, 3.63) is 42.9 Å². The first-order valence-electron chi connectivity index (χ1n) is 9.91. The van der Waals surface area contributed by atoms with Crippen molar-refractivity contribution in [2.24, 2.45) is 11.8 Å². The number of hydrogen-bond donors (Lipinski definition) is 2. The zero-order valence-electron chi connectivity index (χ0n) is 16.4. The SMILES string of the molecule is CN(C)C1[C@H]2CN(c3ccc(-c4ccc(-c5cn[nH]c5)c5cn[nH]c45)nn3)C[C@@H]12. The van der Waals surface area contributed by atoms with Gasteiger partial charge >= 0.3 is 0 Å². The normalized spacial score (nSPS) is 23.1. The van der Waals surface area contributed by atoms with Gasteiger partial charge in [0.1, 0.15) is 0 Å². The van der Waals surface area contributed by atoms with Crippen LogP contribution in [0.15, 0.2) is 42.9 Å². The molecule has 6 rings (SSSR count). The lowest BCUT2D eigenvalue weighted by Gasteiger charge is -2.22. The number of benzene rings is 1. The van der Waals surface area contributed by atoms with E-state index in [9.17, 15) is 0 Å². The molecule has 2 N–H and O–H groups in total. The summed E-state index contributed by atoms with van der Waals surface area (Å²) in [4.78, 5) is 4.71. The van der Waals surface area contributed by atoms with Crippen LogP contribution < -0.4 is 4.90 Å². The van der Waals surface area contributed by atoms with Gasteiger partial charge in [0, 0.05) is 41.8 Å². The van der Waals surface area contributed by atoms with E-state index in [1.54, 1.807) is 0 Å². The molecule has 0 radical (unpaired) electrons. The summed E-state index contributed by atoms with van der Waals surface area (Å²) < 4.78 is 0. The molecule has 1 aromatic carbocycles. The fraction of sp³-hybridized carbons (Fsp3) is 0.333. The number of aromatic nitrogens is 6. The predicted molar refractivity (Wildman–Crippen MR) is 111 cm³/mol. The minimum Gasteiger partial charge on any atom is -0.354 e. The van der Waals surface area contributed by atoms with Crippen LogP contribution in [0.25, 0.3) is 33.3 Å². The second-order valence-electron chi connectivity index (χ2n) is 8.27. The van der Waals surface area contributed by atoms with Crippen LogP contribution in [-0.2, 0) is 0 Å². The second-order valence-corrected chi connectivity index (χ2v) is 8.27. The smallest absolute Gasteiger partial charge is 0.151 e. The van der Waals surface area contributed by atoms with Crippen molar-refractivity contribution in [2.75, 3.05) is 32.1 Å². The van der Waals surface area contributed by atoms with Gasteiger partial charge in [0.05, 0.1) is 23.6 Å². The third-order valence-corrected chi connectivity index (χ3v) is 6.42. The first kappa shape index (κ1) is 16.7. The topological polar surface area (TPSA) is 89.6 Å². The first-order valence-corrected chi connectivity index (χ1v) is 9.91. The molecule has 2 fully saturated rings. The molecule has 8 heteroatoms. The van der Waals surface area contributed by atoms with E-state index in [2.05, 4.69) is 78.8 Å². The Morgan fingerprint density at radius 1 is 0.966 bits per heavy atom.